The van der Waals surface area contributed by atoms with Crippen molar-refractivity contribution in [1.29, 1.82) is 0 Å². The number of halogens is 2. The highest BCUT2D eigenvalue weighted by atomic mass is 35.5. The van der Waals surface area contributed by atoms with Gasteiger partial charge < -0.3 is 0 Å². The molecule has 0 unspecified atom stereocenters. The molecule has 156 valence electrons. The third-order valence-corrected chi connectivity index (χ3v) is 7.77. The molecule has 3 aromatic rings. The van der Waals surface area contributed by atoms with E-state index in [0.29, 0.717) is 19.5 Å². The van der Waals surface area contributed by atoms with Gasteiger partial charge in [0.15, 0.2) is 0 Å². The van der Waals surface area contributed by atoms with Crippen LogP contribution in [-0.4, -0.2) is 30.8 Å². The molecule has 0 saturated carbocycles. The van der Waals surface area contributed by atoms with E-state index in [9.17, 15) is 12.8 Å². The third kappa shape index (κ3) is 4.56. The Balaban J connectivity index is 1.49. The molecule has 1 saturated heterocycles. The predicted molar refractivity (Wildman–Crippen MR) is 116 cm³/mol. The first-order valence-corrected chi connectivity index (χ1v) is 11.7. The van der Waals surface area contributed by atoms with Crippen LogP contribution in [-0.2, 0) is 16.4 Å². The largest absolute Gasteiger partial charge is 0.261 e. The van der Waals surface area contributed by atoms with Crippen LogP contribution in [0.1, 0.15) is 35.6 Å². The lowest BCUT2D eigenvalue weighted by molar-refractivity contribution is 0.312. The van der Waals surface area contributed by atoms with E-state index in [0.717, 1.165) is 29.7 Å². The van der Waals surface area contributed by atoms with E-state index in [-0.39, 0.29) is 21.7 Å². The summed E-state index contributed by atoms with van der Waals surface area (Å²) in [6, 6.07) is 17.0. The summed E-state index contributed by atoms with van der Waals surface area (Å²) in [6.07, 6.45) is 4.04. The molecular weight excluding hydrogens is 423 g/mol. The van der Waals surface area contributed by atoms with E-state index in [2.05, 4.69) is 4.98 Å². The summed E-state index contributed by atoms with van der Waals surface area (Å²) in [5, 5.41) is 0.236. The molecule has 1 fully saturated rings. The Morgan fingerprint density at radius 1 is 1.07 bits per heavy atom. The van der Waals surface area contributed by atoms with Crippen LogP contribution >= 0.6 is 11.6 Å². The summed E-state index contributed by atoms with van der Waals surface area (Å²) >= 11 is 6.13. The first kappa shape index (κ1) is 21.0. The number of piperidine rings is 1. The second-order valence-electron chi connectivity index (χ2n) is 7.53. The highest BCUT2D eigenvalue weighted by Gasteiger charge is 2.32. The van der Waals surface area contributed by atoms with Gasteiger partial charge >= 0.3 is 0 Å². The summed E-state index contributed by atoms with van der Waals surface area (Å²) in [4.78, 5) is 4.73. The molecule has 0 spiro atoms. The molecule has 30 heavy (non-hydrogen) atoms. The van der Waals surface area contributed by atoms with Crippen molar-refractivity contribution in [2.75, 3.05) is 13.1 Å². The van der Waals surface area contributed by atoms with E-state index in [4.69, 9.17) is 11.6 Å². The van der Waals surface area contributed by atoms with Crippen LogP contribution < -0.4 is 0 Å². The van der Waals surface area contributed by atoms with Gasteiger partial charge in [-0.2, -0.15) is 4.31 Å². The number of hydrogen-bond acceptors (Lipinski definition) is 3. The highest BCUT2D eigenvalue weighted by Crippen LogP contribution is 2.31. The van der Waals surface area contributed by atoms with E-state index in [1.807, 2.05) is 18.2 Å². The maximum absolute atomic E-state index is 13.4. The van der Waals surface area contributed by atoms with Crippen molar-refractivity contribution in [1.82, 2.24) is 9.29 Å². The quantitative estimate of drug-likeness (QED) is 0.554. The highest BCUT2D eigenvalue weighted by molar-refractivity contribution is 7.89. The molecular formula is C23H22ClFN2O2S. The van der Waals surface area contributed by atoms with E-state index >= 15 is 0 Å². The summed E-state index contributed by atoms with van der Waals surface area (Å²) in [6.45, 7) is 0.853. The molecule has 0 amide bonds. The molecule has 2 heterocycles. The van der Waals surface area contributed by atoms with Gasteiger partial charge in [0, 0.05) is 30.9 Å². The average molecular weight is 445 g/mol. The maximum Gasteiger partial charge on any atom is 0.244 e. The molecule has 1 atom stereocenters. The number of rotatable bonds is 5. The zero-order chi connectivity index (χ0) is 21.1. The second kappa shape index (κ2) is 8.84. The van der Waals surface area contributed by atoms with Crippen LogP contribution in [0.3, 0.4) is 0 Å². The van der Waals surface area contributed by atoms with Gasteiger partial charge in [0.25, 0.3) is 0 Å². The normalized spacial score (nSPS) is 17.7. The van der Waals surface area contributed by atoms with Gasteiger partial charge in [-0.25, -0.2) is 12.8 Å². The van der Waals surface area contributed by atoms with Crippen molar-refractivity contribution >= 4 is 21.6 Å². The molecule has 1 aromatic heterocycles. The summed E-state index contributed by atoms with van der Waals surface area (Å²) in [5.41, 5.74) is 2.75. The summed E-state index contributed by atoms with van der Waals surface area (Å²) < 4.78 is 41.0. The molecule has 1 aliphatic heterocycles. The fourth-order valence-electron chi connectivity index (χ4n) is 3.86. The standard InChI is InChI=1S/C23H22ClFN2O2S/c24-21-8-1-2-9-23(21)30(28,29)27-12-4-6-19(16-27)22-11-10-18(15-26-22)13-17-5-3-7-20(25)14-17/h1-3,5,7-11,14-15,19H,4,6,12-13,16H2/t19-/m1/s1. The van der Waals surface area contributed by atoms with Gasteiger partial charge in [-0.1, -0.05) is 41.9 Å². The lowest BCUT2D eigenvalue weighted by Crippen LogP contribution is -2.39. The van der Waals surface area contributed by atoms with Gasteiger partial charge in [-0.15, -0.1) is 0 Å². The van der Waals surface area contributed by atoms with Gasteiger partial charge in [-0.05, 0) is 60.7 Å². The molecule has 7 heteroatoms. The minimum atomic E-state index is -3.65. The Kier molecular flexibility index (Phi) is 6.18. The van der Waals surface area contributed by atoms with Crippen LogP contribution in [0.25, 0.3) is 0 Å². The smallest absolute Gasteiger partial charge is 0.244 e. The molecule has 0 N–H and O–H groups in total. The topological polar surface area (TPSA) is 50.3 Å². The number of aromatic nitrogens is 1. The van der Waals surface area contributed by atoms with Crippen LogP contribution in [0.15, 0.2) is 71.8 Å². The fraction of sp³-hybridized carbons (Fsp3) is 0.261. The Labute approximate surface area is 181 Å². The van der Waals surface area contributed by atoms with Crippen LogP contribution in [0, 0.1) is 5.82 Å². The molecule has 4 nitrogen and oxygen atoms in total. The van der Waals surface area contributed by atoms with Crippen molar-refractivity contribution in [3.05, 3.63) is 94.5 Å². The van der Waals surface area contributed by atoms with Gasteiger partial charge in [0.05, 0.1) is 5.02 Å². The first-order valence-electron chi connectivity index (χ1n) is 9.87. The van der Waals surface area contributed by atoms with E-state index < -0.39 is 10.0 Å². The second-order valence-corrected chi connectivity index (χ2v) is 9.84. The molecule has 4 rings (SSSR count). The molecule has 0 radical (unpaired) electrons. The van der Waals surface area contributed by atoms with Crippen LogP contribution in [0.2, 0.25) is 5.02 Å². The minimum Gasteiger partial charge on any atom is -0.261 e. The van der Waals surface area contributed by atoms with Gasteiger partial charge in [0.1, 0.15) is 10.7 Å². The number of benzene rings is 2. The molecule has 2 aromatic carbocycles. The summed E-state index contributed by atoms with van der Waals surface area (Å²) in [5.74, 6) is -0.224. The average Bonchev–Trinajstić information content (AvgIpc) is 2.75. The van der Waals surface area contributed by atoms with Gasteiger partial charge in [-0.3, -0.25) is 4.98 Å². The SMILES string of the molecule is O=S(=O)(c1ccccc1Cl)N1CCC[C@@H](c2ccc(Cc3cccc(F)c3)cn2)C1. The van der Waals surface area contributed by atoms with E-state index in [1.54, 1.807) is 36.5 Å². The fourth-order valence-corrected chi connectivity index (χ4v) is 5.88. The van der Waals surface area contributed by atoms with Gasteiger partial charge in [0.2, 0.25) is 10.0 Å². The Morgan fingerprint density at radius 2 is 1.90 bits per heavy atom. The number of sulfonamides is 1. The Bertz CT molecular complexity index is 1140. The molecule has 0 aliphatic carbocycles. The number of nitrogens with zero attached hydrogens (tertiary/aromatic N) is 2. The van der Waals surface area contributed by atoms with Crippen molar-refractivity contribution < 1.29 is 12.8 Å². The zero-order valence-corrected chi connectivity index (χ0v) is 17.9. The summed E-state index contributed by atoms with van der Waals surface area (Å²) in [7, 11) is -3.65. The lowest BCUT2D eigenvalue weighted by atomic mass is 9.95. The van der Waals surface area contributed by atoms with Crippen molar-refractivity contribution in [2.45, 2.75) is 30.1 Å². The first-order chi connectivity index (χ1) is 14.4. The van der Waals surface area contributed by atoms with Crippen molar-refractivity contribution in [2.24, 2.45) is 0 Å². The number of hydrogen-bond donors (Lipinski definition) is 0. The van der Waals surface area contributed by atoms with Crippen molar-refractivity contribution in [3.63, 3.8) is 0 Å². The van der Waals surface area contributed by atoms with Crippen molar-refractivity contribution in [3.8, 4) is 0 Å². The van der Waals surface area contributed by atoms with Crippen LogP contribution in [0.4, 0.5) is 4.39 Å². The predicted octanol–water partition coefficient (Wildman–Crippen LogP) is 5.03. The maximum atomic E-state index is 13.4. The molecule has 1 aliphatic rings. The van der Waals surface area contributed by atoms with Crippen LogP contribution in [0.5, 0.6) is 0 Å². The lowest BCUT2D eigenvalue weighted by Gasteiger charge is -2.32. The number of pyridine rings is 1. The monoisotopic (exact) mass is 444 g/mol. The Hall–Kier alpha value is -2.28. The zero-order valence-electron chi connectivity index (χ0n) is 16.3. The Morgan fingerprint density at radius 3 is 2.63 bits per heavy atom. The van der Waals surface area contributed by atoms with E-state index in [1.165, 1.54) is 16.4 Å². The third-order valence-electron chi connectivity index (χ3n) is 5.40. The molecule has 0 bridgehead atoms. The minimum absolute atomic E-state index is 0.0271.